The molecule has 0 bridgehead atoms. The third kappa shape index (κ3) is 4.35. The number of fused-ring (bicyclic) bond motifs is 2. The zero-order valence-corrected chi connectivity index (χ0v) is 21.6. The fourth-order valence-corrected chi connectivity index (χ4v) is 5.92. The highest BCUT2D eigenvalue weighted by atomic mass is 35.5. The highest BCUT2D eigenvalue weighted by molar-refractivity contribution is 6.36. The Morgan fingerprint density at radius 1 is 1.19 bits per heavy atom. The van der Waals surface area contributed by atoms with Crippen LogP contribution in [0.4, 0.5) is 15.9 Å². The van der Waals surface area contributed by atoms with E-state index in [-0.39, 0.29) is 22.2 Å². The maximum atomic E-state index is 14.0. The lowest BCUT2D eigenvalue weighted by atomic mass is 9.74. The Morgan fingerprint density at radius 3 is 2.67 bits per heavy atom. The maximum Gasteiger partial charge on any atom is 0.219 e. The molecule has 1 atom stereocenters. The summed E-state index contributed by atoms with van der Waals surface area (Å²) in [6.07, 6.45) is 2.89. The molecule has 188 valence electrons. The summed E-state index contributed by atoms with van der Waals surface area (Å²) < 4.78 is 20.1. The van der Waals surface area contributed by atoms with Gasteiger partial charge in [-0.25, -0.2) is 9.37 Å². The van der Waals surface area contributed by atoms with E-state index in [1.807, 2.05) is 17.0 Å². The summed E-state index contributed by atoms with van der Waals surface area (Å²) in [7, 11) is 0. The number of amides is 1. The largest absolute Gasteiger partial charge is 0.482 e. The number of ether oxygens (including phenoxy) is 1. The number of piperidine rings is 1. The average Bonchev–Trinajstić information content (AvgIpc) is 3.20. The van der Waals surface area contributed by atoms with Crippen molar-refractivity contribution in [2.24, 2.45) is 0 Å². The van der Waals surface area contributed by atoms with Gasteiger partial charge in [0.2, 0.25) is 5.91 Å². The van der Waals surface area contributed by atoms with Crippen molar-refractivity contribution in [2.45, 2.75) is 38.2 Å². The van der Waals surface area contributed by atoms with Crippen LogP contribution in [-0.4, -0.2) is 35.4 Å². The molecule has 2 aromatic carbocycles. The lowest BCUT2D eigenvalue weighted by molar-refractivity contribution is -0.130. The second kappa shape index (κ2) is 9.45. The third-order valence-electron chi connectivity index (χ3n) is 7.38. The molecule has 0 aliphatic carbocycles. The molecule has 3 N–H and O–H groups in total. The molecule has 1 fully saturated rings. The van der Waals surface area contributed by atoms with Gasteiger partial charge in [0.1, 0.15) is 11.9 Å². The molecule has 0 saturated carbocycles. The minimum absolute atomic E-state index is 0.00272. The van der Waals surface area contributed by atoms with Crippen molar-refractivity contribution in [1.82, 2.24) is 9.88 Å². The summed E-state index contributed by atoms with van der Waals surface area (Å²) in [6.45, 7) is 5.73. The molecule has 0 radical (unpaired) electrons. The Morgan fingerprint density at radius 2 is 1.94 bits per heavy atom. The van der Waals surface area contributed by atoms with E-state index >= 15 is 0 Å². The van der Waals surface area contributed by atoms with Crippen molar-refractivity contribution in [2.75, 3.05) is 30.7 Å². The summed E-state index contributed by atoms with van der Waals surface area (Å²) in [5.74, 6) is 0.131. The first-order valence-corrected chi connectivity index (χ1v) is 12.6. The molecule has 1 amide bonds. The van der Waals surface area contributed by atoms with E-state index < -0.39 is 11.9 Å². The van der Waals surface area contributed by atoms with Gasteiger partial charge in [-0.1, -0.05) is 29.3 Å². The average molecular weight is 529 g/mol. The van der Waals surface area contributed by atoms with Crippen molar-refractivity contribution < 1.29 is 13.9 Å². The van der Waals surface area contributed by atoms with Gasteiger partial charge in [0, 0.05) is 60.0 Å². The molecule has 1 spiro atoms. The standard InChI is InChI=1S/C27H27Cl2FN4O2/c1-15(24-20(28)4-5-21(30)25(24)29)36-23-12-18(13-32-26(23)31)17-3-6-22-19(11-17)27(14-33-22)7-9-34(10-8-27)16(2)35/h3-6,11-13,15,33H,7-10,14H2,1-2H3,(H2,31,32)/t15-/m1/s1. The zero-order chi connectivity index (χ0) is 25.6. The van der Waals surface area contributed by atoms with Gasteiger partial charge in [0.25, 0.3) is 0 Å². The molecule has 2 aliphatic heterocycles. The van der Waals surface area contributed by atoms with E-state index in [4.69, 9.17) is 33.7 Å². The third-order valence-corrected chi connectivity index (χ3v) is 8.09. The highest BCUT2D eigenvalue weighted by Crippen LogP contribution is 2.46. The predicted octanol–water partition coefficient (Wildman–Crippen LogP) is 6.22. The van der Waals surface area contributed by atoms with E-state index in [2.05, 4.69) is 22.4 Å². The summed E-state index contributed by atoms with van der Waals surface area (Å²) in [5, 5.41) is 3.77. The second-order valence-electron chi connectivity index (χ2n) is 9.52. The number of hydrogen-bond acceptors (Lipinski definition) is 5. The highest BCUT2D eigenvalue weighted by Gasteiger charge is 2.42. The molecule has 5 rings (SSSR count). The number of nitrogens with one attached hydrogen (secondary N) is 1. The van der Waals surface area contributed by atoms with Gasteiger partial charge in [-0.2, -0.15) is 0 Å². The number of carbonyl (C=O) groups excluding carboxylic acids is 1. The Hall–Kier alpha value is -3.03. The number of benzene rings is 2. The Kier molecular flexibility index (Phi) is 6.47. The maximum absolute atomic E-state index is 14.0. The summed E-state index contributed by atoms with van der Waals surface area (Å²) in [5.41, 5.74) is 10.7. The van der Waals surface area contributed by atoms with Gasteiger partial charge in [-0.15, -0.1) is 0 Å². The van der Waals surface area contributed by atoms with E-state index in [1.165, 1.54) is 17.7 Å². The topological polar surface area (TPSA) is 80.5 Å². The zero-order valence-electron chi connectivity index (χ0n) is 20.1. The van der Waals surface area contributed by atoms with Crippen LogP contribution in [-0.2, 0) is 10.2 Å². The minimum atomic E-state index is -0.654. The van der Waals surface area contributed by atoms with E-state index in [0.717, 1.165) is 49.3 Å². The van der Waals surface area contributed by atoms with E-state index in [0.29, 0.717) is 16.3 Å². The van der Waals surface area contributed by atoms with Crippen LogP contribution in [0, 0.1) is 5.82 Å². The molecule has 3 aromatic rings. The van der Waals surface area contributed by atoms with Crippen molar-refractivity contribution in [1.29, 1.82) is 0 Å². The first kappa shape index (κ1) is 24.7. The van der Waals surface area contributed by atoms with Crippen LogP contribution >= 0.6 is 23.2 Å². The van der Waals surface area contributed by atoms with Gasteiger partial charge in [-0.3, -0.25) is 4.79 Å². The van der Waals surface area contributed by atoms with E-state index in [1.54, 1.807) is 20.0 Å². The number of likely N-dealkylation sites (tertiary alicyclic amines) is 1. The van der Waals surface area contributed by atoms with Crippen LogP contribution in [0.3, 0.4) is 0 Å². The fourth-order valence-electron chi connectivity index (χ4n) is 5.24. The summed E-state index contributed by atoms with van der Waals surface area (Å²) in [6, 6.07) is 10.8. The molecular weight excluding hydrogens is 502 g/mol. The molecular formula is C27H27Cl2FN4O2. The number of nitrogens with zero attached hydrogens (tertiary/aromatic N) is 2. The Balaban J connectivity index is 1.43. The molecule has 6 nitrogen and oxygen atoms in total. The normalized spacial score (nSPS) is 17.0. The molecule has 1 aromatic heterocycles. The van der Waals surface area contributed by atoms with Crippen molar-refractivity contribution in [3.8, 4) is 16.9 Å². The van der Waals surface area contributed by atoms with Crippen molar-refractivity contribution in [3.05, 3.63) is 69.6 Å². The van der Waals surface area contributed by atoms with Crippen LogP contribution in [0.15, 0.2) is 42.6 Å². The molecule has 0 unspecified atom stereocenters. The van der Waals surface area contributed by atoms with Crippen LogP contribution in [0.2, 0.25) is 10.0 Å². The monoisotopic (exact) mass is 528 g/mol. The van der Waals surface area contributed by atoms with Crippen molar-refractivity contribution >= 4 is 40.6 Å². The number of nitrogens with two attached hydrogens (primary N) is 1. The lowest BCUT2D eigenvalue weighted by Crippen LogP contribution is -2.45. The first-order chi connectivity index (χ1) is 17.2. The molecule has 1 saturated heterocycles. The predicted molar refractivity (Wildman–Crippen MR) is 141 cm³/mol. The molecule has 2 aliphatic rings. The Bertz CT molecular complexity index is 1340. The van der Waals surface area contributed by atoms with Crippen LogP contribution in [0.25, 0.3) is 11.1 Å². The Labute approximate surface area is 219 Å². The smallest absolute Gasteiger partial charge is 0.219 e. The van der Waals surface area contributed by atoms with Crippen LogP contribution in [0.1, 0.15) is 43.9 Å². The minimum Gasteiger partial charge on any atom is -0.482 e. The van der Waals surface area contributed by atoms with Gasteiger partial charge in [0.15, 0.2) is 11.6 Å². The second-order valence-corrected chi connectivity index (χ2v) is 10.3. The van der Waals surface area contributed by atoms with Crippen LogP contribution < -0.4 is 15.8 Å². The number of pyridine rings is 1. The number of nitrogen functional groups attached to an aromatic ring is 1. The molecule has 3 heterocycles. The fraction of sp³-hybridized carbons (Fsp3) is 0.333. The molecule has 36 heavy (non-hydrogen) atoms. The summed E-state index contributed by atoms with van der Waals surface area (Å²) in [4.78, 5) is 18.1. The number of anilines is 2. The quantitative estimate of drug-likeness (QED) is 0.392. The van der Waals surface area contributed by atoms with Crippen LogP contribution in [0.5, 0.6) is 5.75 Å². The lowest BCUT2D eigenvalue weighted by Gasteiger charge is -2.39. The first-order valence-electron chi connectivity index (χ1n) is 11.9. The van der Waals surface area contributed by atoms with Gasteiger partial charge < -0.3 is 20.7 Å². The number of hydrogen-bond donors (Lipinski definition) is 2. The van der Waals surface area contributed by atoms with Gasteiger partial charge in [0.05, 0.1) is 5.02 Å². The number of rotatable bonds is 4. The number of carbonyl (C=O) groups is 1. The SMILES string of the molecule is CC(=O)N1CCC2(CC1)CNc1ccc(-c3cnc(N)c(O[C@H](C)c4c(Cl)ccc(F)c4Cl)c3)cc12. The van der Waals surface area contributed by atoms with Gasteiger partial charge >= 0.3 is 0 Å². The number of aromatic nitrogens is 1. The van der Waals surface area contributed by atoms with E-state index in [9.17, 15) is 9.18 Å². The molecule has 9 heteroatoms. The number of halogens is 3. The summed E-state index contributed by atoms with van der Waals surface area (Å²) >= 11 is 12.4. The van der Waals surface area contributed by atoms with Gasteiger partial charge in [-0.05, 0) is 61.2 Å². The van der Waals surface area contributed by atoms with Crippen molar-refractivity contribution in [3.63, 3.8) is 0 Å².